The molecule has 9 aromatic heterocycles. The van der Waals surface area contributed by atoms with Gasteiger partial charge in [0.25, 0.3) is 11.8 Å². The van der Waals surface area contributed by atoms with Crippen LogP contribution in [0.15, 0.2) is 107 Å². The number of nitrogens with two attached hydrogens (primary N) is 1. The van der Waals surface area contributed by atoms with Crippen molar-refractivity contribution in [2.45, 2.75) is 79.1 Å². The lowest BCUT2D eigenvalue weighted by molar-refractivity contribution is 0.386. The second kappa shape index (κ2) is 17.7. The minimum absolute atomic E-state index is 0. The zero-order valence-corrected chi connectivity index (χ0v) is 36.3. The first kappa shape index (κ1) is 44.8. The Hall–Kier alpha value is -7.76. The summed E-state index contributed by atoms with van der Waals surface area (Å²) >= 11 is 0. The minimum Gasteiger partial charge on any atom is -0.368 e. The van der Waals surface area contributed by atoms with Gasteiger partial charge in [0, 0.05) is 86.2 Å². The SMILES string of the molecule is C.C.Cc1ccc(C)n1-c1ncc(-c2ccc(C(C)(c3noc(-c4cnn(C)c4)n3)C3CC3)cn2)cn1.Cn1cc(-c2nc(C(C)(c3ccc(-c4cnc(N)nc4)nc3)C3CC3)no2)cn1. The summed E-state index contributed by atoms with van der Waals surface area (Å²) in [5, 5.41) is 17.1. The lowest BCUT2D eigenvalue weighted by atomic mass is 9.77. The number of hydrogen-bond donors (Lipinski definition) is 1. The molecule has 18 heteroatoms. The molecule has 0 radical (unpaired) electrons. The summed E-state index contributed by atoms with van der Waals surface area (Å²) in [5.41, 5.74) is 14.1. The van der Waals surface area contributed by atoms with Crippen LogP contribution in [0.2, 0.25) is 0 Å². The molecule has 2 N–H and O–H groups in total. The molecule has 0 aliphatic heterocycles. The lowest BCUT2D eigenvalue weighted by Crippen LogP contribution is -2.28. The predicted molar refractivity (Wildman–Crippen MR) is 249 cm³/mol. The topological polar surface area (TPSA) is 222 Å². The van der Waals surface area contributed by atoms with Gasteiger partial charge in [-0.05, 0) is 101 Å². The zero-order chi connectivity index (χ0) is 44.2. The quantitative estimate of drug-likeness (QED) is 0.129. The molecule has 66 heavy (non-hydrogen) atoms. The van der Waals surface area contributed by atoms with E-state index in [0.29, 0.717) is 41.2 Å². The second-order valence-corrected chi connectivity index (χ2v) is 17.0. The van der Waals surface area contributed by atoms with Gasteiger partial charge >= 0.3 is 0 Å². The Bertz CT molecular complexity index is 3030. The van der Waals surface area contributed by atoms with Gasteiger partial charge in [0.05, 0.1) is 45.7 Å². The van der Waals surface area contributed by atoms with E-state index < -0.39 is 0 Å². The smallest absolute Gasteiger partial charge is 0.261 e. The number of aromatic nitrogens is 15. The highest BCUT2D eigenvalue weighted by Gasteiger charge is 2.49. The van der Waals surface area contributed by atoms with Crippen molar-refractivity contribution >= 4 is 5.95 Å². The average molecular weight is 887 g/mol. The minimum atomic E-state index is -0.376. The molecule has 2 unspecified atom stereocenters. The van der Waals surface area contributed by atoms with Crippen LogP contribution >= 0.6 is 0 Å². The van der Waals surface area contributed by atoms with Gasteiger partial charge < -0.3 is 14.8 Å². The van der Waals surface area contributed by atoms with Crippen molar-refractivity contribution in [1.29, 1.82) is 0 Å². The lowest BCUT2D eigenvalue weighted by Gasteiger charge is -2.26. The summed E-state index contributed by atoms with van der Waals surface area (Å²) in [7, 11) is 3.72. The van der Waals surface area contributed by atoms with Crippen LogP contribution in [0, 0.1) is 25.7 Å². The van der Waals surface area contributed by atoms with E-state index in [1.54, 1.807) is 34.2 Å². The second-order valence-electron chi connectivity index (χ2n) is 17.0. The molecule has 0 amide bonds. The van der Waals surface area contributed by atoms with Gasteiger partial charge in [-0.1, -0.05) is 37.3 Å². The maximum atomic E-state index is 5.61. The predicted octanol–water partition coefficient (Wildman–Crippen LogP) is 8.34. The molecule has 2 aliphatic rings. The molecule has 2 aliphatic carbocycles. The Morgan fingerprint density at radius 2 is 0.970 bits per heavy atom. The number of aryl methyl sites for hydroxylation is 4. The van der Waals surface area contributed by atoms with Crippen LogP contribution in [0.3, 0.4) is 0 Å². The summed E-state index contributed by atoms with van der Waals surface area (Å²) in [6, 6.07) is 12.3. The summed E-state index contributed by atoms with van der Waals surface area (Å²) in [4.78, 5) is 36.1. The maximum Gasteiger partial charge on any atom is 0.261 e. The molecule has 0 spiro atoms. The monoisotopic (exact) mass is 886 g/mol. The van der Waals surface area contributed by atoms with Crippen molar-refractivity contribution in [3.05, 3.63) is 133 Å². The molecular weight excluding hydrogens is 833 g/mol. The van der Waals surface area contributed by atoms with Crippen molar-refractivity contribution in [3.63, 3.8) is 0 Å². The summed E-state index contributed by atoms with van der Waals surface area (Å²) in [5.74, 6) is 4.11. The van der Waals surface area contributed by atoms with E-state index >= 15 is 0 Å². The van der Waals surface area contributed by atoms with Gasteiger partial charge in [0.15, 0.2) is 11.6 Å². The Balaban J connectivity index is 0.000000177. The zero-order valence-electron chi connectivity index (χ0n) is 36.3. The van der Waals surface area contributed by atoms with E-state index in [-0.39, 0.29) is 31.6 Å². The molecule has 18 nitrogen and oxygen atoms in total. The molecule has 338 valence electrons. The van der Waals surface area contributed by atoms with Gasteiger partial charge in [-0.2, -0.15) is 20.2 Å². The highest BCUT2D eigenvalue weighted by Crippen LogP contribution is 2.51. The largest absolute Gasteiger partial charge is 0.368 e. The van der Waals surface area contributed by atoms with Gasteiger partial charge in [0.1, 0.15) is 0 Å². The number of pyridine rings is 2. The van der Waals surface area contributed by atoms with Crippen molar-refractivity contribution in [3.8, 4) is 51.4 Å². The van der Waals surface area contributed by atoms with Crippen molar-refractivity contribution < 1.29 is 9.05 Å². The van der Waals surface area contributed by atoms with E-state index in [2.05, 4.69) is 83.5 Å². The Kier molecular flexibility index (Phi) is 12.0. The fourth-order valence-corrected chi connectivity index (χ4v) is 8.35. The van der Waals surface area contributed by atoms with Crippen LogP contribution in [0.1, 0.15) is 88.5 Å². The molecule has 2 saturated carbocycles. The standard InChI is InChI=1S/C26H26N8O.C20H20N8O.2CH4/c1-16-5-6-17(2)34(16)25-28-11-18(12-29-25)22-10-9-21(14-27-22)26(3,20-7-8-20)24-31-23(35-32-24)19-13-30-33(4)15-19;1-20(14-3-4-14,18-26-17(29-27-18)13-9-25-28(2)11-13)15-5-6-16(22-10-15)12-7-23-19(21)24-8-12;;/h5-6,9-15,20H,7-8H2,1-4H3;5-11,14H,3-4H2,1-2H3,(H2,21,23,24);2*1H4. The third-order valence-corrected chi connectivity index (χ3v) is 12.6. The molecule has 0 saturated heterocycles. The average Bonchev–Trinajstić information content (AvgIpc) is 4.05. The molecular formula is C48H54N16O2. The molecule has 0 aromatic carbocycles. The Morgan fingerprint density at radius 3 is 1.33 bits per heavy atom. The van der Waals surface area contributed by atoms with E-state index in [9.17, 15) is 0 Å². The molecule has 9 heterocycles. The van der Waals surface area contributed by atoms with Crippen LogP contribution < -0.4 is 5.73 Å². The van der Waals surface area contributed by atoms with E-state index in [4.69, 9.17) is 29.7 Å². The molecule has 11 rings (SSSR count). The highest BCUT2D eigenvalue weighted by atomic mass is 16.5. The van der Waals surface area contributed by atoms with Crippen molar-refractivity contribution in [2.24, 2.45) is 25.9 Å². The normalized spacial score (nSPS) is 15.1. The van der Waals surface area contributed by atoms with Gasteiger partial charge in [-0.3, -0.25) is 23.9 Å². The van der Waals surface area contributed by atoms with Crippen LogP contribution in [-0.2, 0) is 24.9 Å². The fourth-order valence-electron chi connectivity index (χ4n) is 8.35. The first-order valence-electron chi connectivity index (χ1n) is 21.1. The summed E-state index contributed by atoms with van der Waals surface area (Å²) < 4.78 is 16.6. The Labute approximate surface area is 382 Å². The fraction of sp³-hybridized carbons (Fsp3) is 0.333. The van der Waals surface area contributed by atoms with E-state index in [1.807, 2.05) is 81.8 Å². The van der Waals surface area contributed by atoms with Crippen molar-refractivity contribution in [1.82, 2.24) is 74.3 Å². The van der Waals surface area contributed by atoms with E-state index in [1.165, 1.54) is 0 Å². The number of rotatable bonds is 11. The maximum absolute atomic E-state index is 5.61. The molecule has 9 aromatic rings. The Morgan fingerprint density at radius 1 is 0.545 bits per heavy atom. The van der Waals surface area contributed by atoms with Crippen LogP contribution in [0.5, 0.6) is 0 Å². The third-order valence-electron chi connectivity index (χ3n) is 12.6. The summed E-state index contributed by atoms with van der Waals surface area (Å²) in [6.07, 6.45) is 22.5. The number of nitrogen functional groups attached to an aromatic ring is 1. The van der Waals surface area contributed by atoms with Gasteiger partial charge in [0.2, 0.25) is 11.9 Å². The number of anilines is 1. The van der Waals surface area contributed by atoms with E-state index in [0.717, 1.165) is 81.8 Å². The van der Waals surface area contributed by atoms with Gasteiger partial charge in [-0.25, -0.2) is 19.9 Å². The highest BCUT2D eigenvalue weighted by molar-refractivity contribution is 5.59. The van der Waals surface area contributed by atoms with Gasteiger partial charge in [-0.15, -0.1) is 0 Å². The number of nitrogens with zero attached hydrogens (tertiary/aromatic N) is 15. The number of hydrogen-bond acceptors (Lipinski definition) is 15. The molecule has 0 bridgehead atoms. The summed E-state index contributed by atoms with van der Waals surface area (Å²) in [6.45, 7) is 8.43. The van der Waals surface area contributed by atoms with Crippen LogP contribution in [-0.4, -0.2) is 74.3 Å². The third kappa shape index (κ3) is 8.36. The van der Waals surface area contributed by atoms with Crippen LogP contribution in [0.25, 0.3) is 51.4 Å². The first-order chi connectivity index (χ1) is 31.0. The first-order valence-corrected chi connectivity index (χ1v) is 21.1. The van der Waals surface area contributed by atoms with Crippen molar-refractivity contribution in [2.75, 3.05) is 5.73 Å². The molecule has 2 atom stereocenters. The molecule has 2 fully saturated rings. The van der Waals surface area contributed by atoms with Crippen LogP contribution in [0.4, 0.5) is 5.95 Å².